The van der Waals surface area contributed by atoms with Gasteiger partial charge in [0.25, 0.3) is 0 Å². The van der Waals surface area contributed by atoms with Crippen LogP contribution in [0.3, 0.4) is 0 Å². The Balaban J connectivity index is 1.35. The third-order valence-electron chi connectivity index (χ3n) is 8.81. The lowest BCUT2D eigenvalue weighted by Crippen LogP contribution is -2.01. The molecule has 0 saturated heterocycles. The maximum Gasteiger partial charge on any atom is 0.0725 e. The Morgan fingerprint density at radius 3 is 2.00 bits per heavy atom. The summed E-state index contributed by atoms with van der Waals surface area (Å²) in [7, 11) is 0. The summed E-state index contributed by atoms with van der Waals surface area (Å²) < 4.78 is 0. The van der Waals surface area contributed by atoms with Crippen molar-refractivity contribution in [3.8, 4) is 33.6 Å². The Kier molecular flexibility index (Phi) is 6.19. The minimum atomic E-state index is 0.929. The van der Waals surface area contributed by atoms with Crippen LogP contribution in [0.1, 0.15) is 28.7 Å². The molecule has 0 bridgehead atoms. The third kappa shape index (κ3) is 4.43. The number of fused-ring (bicyclic) bond motifs is 3. The molecule has 2 nitrogen and oxygen atoms in total. The molecule has 0 spiro atoms. The molecule has 7 aromatic rings. The first-order chi connectivity index (χ1) is 21.2. The van der Waals surface area contributed by atoms with Gasteiger partial charge in [-0.3, -0.25) is 4.98 Å². The highest BCUT2D eigenvalue weighted by atomic mass is 14.7. The molecule has 0 unspecified atom stereocenters. The van der Waals surface area contributed by atoms with Gasteiger partial charge in [-0.25, -0.2) is 4.98 Å². The summed E-state index contributed by atoms with van der Waals surface area (Å²) in [5.41, 5.74) is 13.3. The van der Waals surface area contributed by atoms with Crippen molar-refractivity contribution in [2.24, 2.45) is 0 Å². The monoisotopic (exact) mass is 550 g/mol. The van der Waals surface area contributed by atoms with E-state index in [0.717, 1.165) is 35.4 Å². The number of allylic oxidation sites excluding steroid dienone is 1. The van der Waals surface area contributed by atoms with Gasteiger partial charge in [-0.15, -0.1) is 0 Å². The normalized spacial score (nSPS) is 12.7. The van der Waals surface area contributed by atoms with Gasteiger partial charge >= 0.3 is 0 Å². The van der Waals surface area contributed by atoms with E-state index in [0.29, 0.717) is 0 Å². The fraction of sp³-hybridized carbons (Fsp3) is 0.0732. The van der Waals surface area contributed by atoms with Crippen molar-refractivity contribution in [2.75, 3.05) is 0 Å². The van der Waals surface area contributed by atoms with Crippen LogP contribution in [0.4, 0.5) is 0 Å². The second-order valence-electron chi connectivity index (χ2n) is 11.4. The van der Waals surface area contributed by atoms with Gasteiger partial charge in [-0.05, 0) is 111 Å². The molecule has 204 valence electrons. The van der Waals surface area contributed by atoms with Gasteiger partial charge in [0, 0.05) is 23.5 Å². The zero-order chi connectivity index (χ0) is 28.8. The van der Waals surface area contributed by atoms with Gasteiger partial charge in [0.2, 0.25) is 0 Å². The van der Waals surface area contributed by atoms with E-state index in [1.807, 2.05) is 12.3 Å². The van der Waals surface area contributed by atoms with E-state index in [1.54, 1.807) is 6.20 Å². The van der Waals surface area contributed by atoms with Crippen LogP contribution in [0.5, 0.6) is 0 Å². The Morgan fingerprint density at radius 2 is 1.26 bits per heavy atom. The molecule has 8 rings (SSSR count). The van der Waals surface area contributed by atoms with Crippen molar-refractivity contribution in [3.05, 3.63) is 156 Å². The molecular weight excluding hydrogens is 520 g/mol. The average Bonchev–Trinajstić information content (AvgIpc) is 3.08. The summed E-state index contributed by atoms with van der Waals surface area (Å²) in [6.45, 7) is 2.17. The SMILES string of the molecule is Cc1ccc(-c2c3ccccc3c(C3=Cc4ccccc4CC3)c3ccccc23)cc1-c1cccc(-c2cccnc2)n1. The number of hydrogen-bond acceptors (Lipinski definition) is 2. The average molecular weight is 551 g/mol. The third-order valence-corrected chi connectivity index (χ3v) is 8.81. The summed E-state index contributed by atoms with van der Waals surface area (Å²) in [5.74, 6) is 0. The number of pyridine rings is 2. The lowest BCUT2D eigenvalue weighted by Gasteiger charge is -2.22. The Labute approximate surface area is 252 Å². The van der Waals surface area contributed by atoms with E-state index >= 15 is 0 Å². The van der Waals surface area contributed by atoms with E-state index < -0.39 is 0 Å². The fourth-order valence-electron chi connectivity index (χ4n) is 6.73. The minimum Gasteiger partial charge on any atom is -0.264 e. The van der Waals surface area contributed by atoms with Crippen molar-refractivity contribution in [3.63, 3.8) is 0 Å². The van der Waals surface area contributed by atoms with Gasteiger partial charge in [0.05, 0.1) is 11.4 Å². The van der Waals surface area contributed by atoms with Crippen LogP contribution < -0.4 is 0 Å². The summed E-state index contributed by atoms with van der Waals surface area (Å²) in [6.07, 6.45) is 8.19. The molecule has 0 atom stereocenters. The summed E-state index contributed by atoms with van der Waals surface area (Å²) in [4.78, 5) is 9.38. The highest BCUT2D eigenvalue weighted by molar-refractivity contribution is 6.20. The van der Waals surface area contributed by atoms with Crippen molar-refractivity contribution in [1.82, 2.24) is 9.97 Å². The zero-order valence-electron chi connectivity index (χ0n) is 24.1. The molecule has 0 amide bonds. The van der Waals surface area contributed by atoms with Crippen LogP contribution >= 0.6 is 0 Å². The summed E-state index contributed by atoms with van der Waals surface area (Å²) in [5, 5.41) is 5.17. The Bertz CT molecular complexity index is 2130. The lowest BCUT2D eigenvalue weighted by molar-refractivity contribution is 1.00. The maximum atomic E-state index is 5.08. The number of rotatable bonds is 4. The van der Waals surface area contributed by atoms with Crippen molar-refractivity contribution in [2.45, 2.75) is 19.8 Å². The number of benzene rings is 5. The molecule has 43 heavy (non-hydrogen) atoms. The molecule has 0 saturated carbocycles. The first-order valence-electron chi connectivity index (χ1n) is 15.0. The first-order valence-corrected chi connectivity index (χ1v) is 15.0. The minimum absolute atomic E-state index is 0.929. The topological polar surface area (TPSA) is 25.8 Å². The number of nitrogens with zero attached hydrogens (tertiary/aromatic N) is 2. The number of aryl methyl sites for hydroxylation is 2. The zero-order valence-corrected chi connectivity index (χ0v) is 24.1. The van der Waals surface area contributed by atoms with Gasteiger partial charge in [-0.2, -0.15) is 0 Å². The van der Waals surface area contributed by atoms with Crippen molar-refractivity contribution in [1.29, 1.82) is 0 Å². The second kappa shape index (κ2) is 10.5. The number of aromatic nitrogens is 2. The molecule has 0 aliphatic heterocycles. The fourth-order valence-corrected chi connectivity index (χ4v) is 6.73. The molecule has 2 aromatic heterocycles. The Hall–Kier alpha value is -5.34. The number of hydrogen-bond donors (Lipinski definition) is 0. The predicted octanol–water partition coefficient (Wildman–Crippen LogP) is 10.6. The molecule has 5 aromatic carbocycles. The molecule has 0 fully saturated rings. The highest BCUT2D eigenvalue weighted by Crippen LogP contribution is 2.45. The van der Waals surface area contributed by atoms with Gasteiger partial charge in [-0.1, -0.05) is 97.1 Å². The van der Waals surface area contributed by atoms with Crippen LogP contribution in [-0.2, 0) is 6.42 Å². The molecule has 1 aliphatic rings. The Morgan fingerprint density at radius 1 is 0.558 bits per heavy atom. The van der Waals surface area contributed by atoms with Crippen molar-refractivity contribution >= 4 is 33.2 Å². The van der Waals surface area contributed by atoms with E-state index in [2.05, 4.69) is 133 Å². The van der Waals surface area contributed by atoms with Crippen LogP contribution in [0, 0.1) is 6.92 Å². The van der Waals surface area contributed by atoms with Gasteiger partial charge in [0.15, 0.2) is 0 Å². The summed E-state index contributed by atoms with van der Waals surface area (Å²) in [6, 6.07) is 43.8. The van der Waals surface area contributed by atoms with E-state index in [1.165, 1.54) is 60.5 Å². The largest absolute Gasteiger partial charge is 0.264 e. The quantitative estimate of drug-likeness (QED) is 0.204. The molecule has 1 aliphatic carbocycles. The van der Waals surface area contributed by atoms with Crippen LogP contribution in [0.15, 0.2) is 134 Å². The van der Waals surface area contributed by atoms with E-state index in [4.69, 9.17) is 4.98 Å². The first kappa shape index (κ1) is 25.4. The molecule has 0 N–H and O–H groups in total. The highest BCUT2D eigenvalue weighted by Gasteiger charge is 2.20. The molecular formula is C41H30N2. The van der Waals surface area contributed by atoms with Crippen molar-refractivity contribution < 1.29 is 0 Å². The maximum absolute atomic E-state index is 5.08. The smallest absolute Gasteiger partial charge is 0.0725 e. The van der Waals surface area contributed by atoms with Gasteiger partial charge < -0.3 is 0 Å². The molecule has 0 radical (unpaired) electrons. The van der Waals surface area contributed by atoms with Gasteiger partial charge in [0.1, 0.15) is 0 Å². The predicted molar refractivity (Wildman–Crippen MR) is 181 cm³/mol. The van der Waals surface area contributed by atoms with Crippen LogP contribution in [0.25, 0.3) is 66.8 Å². The van der Waals surface area contributed by atoms with Crippen LogP contribution in [-0.4, -0.2) is 9.97 Å². The molecule has 2 heteroatoms. The van der Waals surface area contributed by atoms with Crippen LogP contribution in [0.2, 0.25) is 0 Å². The van der Waals surface area contributed by atoms with E-state index in [9.17, 15) is 0 Å². The lowest BCUT2D eigenvalue weighted by atomic mass is 9.81. The second-order valence-corrected chi connectivity index (χ2v) is 11.4. The molecule has 2 heterocycles. The standard InChI is InChI=1S/C41H30N2/c1-27-19-20-31(25-37(27)39-18-8-17-38(43-39)32-12-9-23-42-26-32)41-35-15-6-4-13-33(35)40(34-14-5-7-16-36(34)41)30-22-21-28-10-2-3-11-29(28)24-30/h2-20,23-26H,21-22H2,1H3. The van der Waals surface area contributed by atoms with E-state index in [-0.39, 0.29) is 0 Å². The summed E-state index contributed by atoms with van der Waals surface area (Å²) >= 11 is 0.